The van der Waals surface area contributed by atoms with Crippen molar-refractivity contribution in [2.45, 2.75) is 216 Å². The van der Waals surface area contributed by atoms with Crippen molar-refractivity contribution in [3.8, 4) is 0 Å². The number of aliphatic hydroxyl groups excluding tert-OH is 1. The van der Waals surface area contributed by atoms with Crippen LogP contribution < -0.4 is 21.3 Å². The van der Waals surface area contributed by atoms with Crippen LogP contribution in [-0.2, 0) is 67.0 Å². The van der Waals surface area contributed by atoms with Crippen LogP contribution >= 0.6 is 0 Å². The molecule has 0 aromatic heterocycles. The van der Waals surface area contributed by atoms with E-state index in [-0.39, 0.29) is 82.0 Å². The SMILES string of the molecule is C/C=C/C[C@@H](C)[C@@H](O)[C@H]1C(=O)N[C@@H](CC)C(=O)N(C)CC(=O)N(C)[C@@H](CC(C)C)C(=O)N[C@@H](C(C)C)C(=O)N(C)[C@@H](CC(C)C)C(=O)N[C@@H](C)C(=O)N[C@H](COCCOC(=O)OCC[N+](C)(C)C)C(=O)N(C)[C@@H](CC(C)C)C(=O)N(C)[C@@H](CC(C)C)C(=O)N(C)[C@@H](C(C)C)C(=O)N1C. The van der Waals surface area contributed by atoms with Gasteiger partial charge in [0.05, 0.1) is 47.0 Å². The highest BCUT2D eigenvalue weighted by atomic mass is 16.7. The number of aliphatic hydroxyl groups is 1. The van der Waals surface area contributed by atoms with Crippen LogP contribution in [0.25, 0.3) is 0 Å². The summed E-state index contributed by atoms with van der Waals surface area (Å²) in [7, 11) is 15.5. The molecule has 0 aliphatic carbocycles. The Hall–Kier alpha value is -6.94. The summed E-state index contributed by atoms with van der Waals surface area (Å²) in [6, 6.07) is -13.4. The van der Waals surface area contributed by atoms with Gasteiger partial charge < -0.3 is 79.4 Å². The molecule has 0 unspecified atom stereocenters. The van der Waals surface area contributed by atoms with E-state index < -0.39 is 169 Å². The molecule has 5 N–H and O–H groups in total. The normalized spacial score (nSPS) is 25.0. The summed E-state index contributed by atoms with van der Waals surface area (Å²) in [5.41, 5.74) is 0. The molecule has 1 saturated heterocycles. The second-order valence-electron chi connectivity index (χ2n) is 30.0. The van der Waals surface area contributed by atoms with Crippen LogP contribution in [-0.4, -0.2) is 292 Å². The van der Waals surface area contributed by atoms with Crippen molar-refractivity contribution in [3.05, 3.63) is 12.2 Å². The van der Waals surface area contributed by atoms with Crippen LogP contribution in [0.15, 0.2) is 12.2 Å². The Morgan fingerprint density at radius 3 is 1.45 bits per heavy atom. The second-order valence-corrected chi connectivity index (χ2v) is 30.0. The topological polar surface area (TPSA) is 324 Å². The fourth-order valence-corrected chi connectivity index (χ4v) is 11.5. The average molecular weight is 1390 g/mol. The molecule has 1 rings (SSSR count). The van der Waals surface area contributed by atoms with Gasteiger partial charge in [0, 0.05) is 49.3 Å². The molecule has 98 heavy (non-hydrogen) atoms. The van der Waals surface area contributed by atoms with Crippen molar-refractivity contribution >= 4 is 71.1 Å². The third-order valence-electron chi connectivity index (χ3n) is 17.7. The van der Waals surface area contributed by atoms with E-state index in [1.165, 1.54) is 75.9 Å². The second kappa shape index (κ2) is 41.6. The maximum absolute atomic E-state index is 15.4. The third kappa shape index (κ3) is 27.6. The zero-order valence-electron chi connectivity index (χ0n) is 64.2. The van der Waals surface area contributed by atoms with Crippen molar-refractivity contribution in [2.75, 3.05) is 110 Å². The summed E-state index contributed by atoms with van der Waals surface area (Å²) < 4.78 is 16.8. The highest BCUT2D eigenvalue weighted by Gasteiger charge is 2.46. The Morgan fingerprint density at radius 1 is 0.520 bits per heavy atom. The van der Waals surface area contributed by atoms with Crippen molar-refractivity contribution in [1.82, 2.24) is 55.6 Å². The van der Waals surface area contributed by atoms with Gasteiger partial charge in [-0.15, -0.1) is 0 Å². The fraction of sp³-hybridized carbons (Fsp3) is 0.800. The fourth-order valence-electron chi connectivity index (χ4n) is 11.5. The van der Waals surface area contributed by atoms with Gasteiger partial charge in [0.25, 0.3) is 0 Å². The Bertz CT molecular complexity index is 2680. The molecule has 28 heteroatoms. The van der Waals surface area contributed by atoms with Gasteiger partial charge in [-0.1, -0.05) is 109 Å². The number of hydrogen-bond acceptors (Lipinski definition) is 16. The Balaban J connectivity index is 4.45. The lowest BCUT2D eigenvalue weighted by Gasteiger charge is -2.41. The number of hydrogen-bond donors (Lipinski definition) is 5. The van der Waals surface area contributed by atoms with Gasteiger partial charge >= 0.3 is 6.16 Å². The molecule has 12 atom stereocenters. The molecule has 11 amide bonds. The summed E-state index contributed by atoms with van der Waals surface area (Å²) in [5, 5.41) is 23.2. The van der Waals surface area contributed by atoms with Crippen molar-refractivity contribution in [2.24, 2.45) is 41.4 Å². The Morgan fingerprint density at radius 2 is 0.969 bits per heavy atom. The number of rotatable bonds is 23. The van der Waals surface area contributed by atoms with Gasteiger partial charge in [0.15, 0.2) is 0 Å². The lowest BCUT2D eigenvalue weighted by atomic mass is 9.91. The molecule has 1 fully saturated rings. The maximum atomic E-state index is 15.4. The zero-order chi connectivity index (χ0) is 75.7. The lowest BCUT2D eigenvalue weighted by Crippen LogP contribution is -2.63. The van der Waals surface area contributed by atoms with Crippen LogP contribution in [0.1, 0.15) is 149 Å². The first-order valence-corrected chi connectivity index (χ1v) is 34.8. The van der Waals surface area contributed by atoms with Crippen molar-refractivity contribution in [3.63, 3.8) is 0 Å². The highest BCUT2D eigenvalue weighted by molar-refractivity contribution is 5.99. The number of carbonyl (C=O) groups is 12. The predicted octanol–water partition coefficient (Wildman–Crippen LogP) is 3.13. The quantitative estimate of drug-likeness (QED) is 0.0425. The predicted molar refractivity (Wildman–Crippen MR) is 374 cm³/mol. The third-order valence-corrected chi connectivity index (χ3v) is 17.7. The molecule has 0 aromatic carbocycles. The van der Waals surface area contributed by atoms with Crippen LogP contribution in [0, 0.1) is 41.4 Å². The summed E-state index contributed by atoms with van der Waals surface area (Å²) >= 11 is 0. The van der Waals surface area contributed by atoms with E-state index in [4.69, 9.17) is 14.2 Å². The van der Waals surface area contributed by atoms with E-state index in [1.807, 2.05) is 76.5 Å². The Labute approximate surface area is 585 Å². The van der Waals surface area contributed by atoms with Gasteiger partial charge in [-0.25, -0.2) is 4.79 Å². The van der Waals surface area contributed by atoms with E-state index in [0.717, 1.165) is 14.7 Å². The molecule has 28 nitrogen and oxygen atoms in total. The number of nitrogens with one attached hydrogen (secondary N) is 4. The summed E-state index contributed by atoms with van der Waals surface area (Å²) in [4.78, 5) is 184. The van der Waals surface area contributed by atoms with Gasteiger partial charge in [0.2, 0.25) is 65.0 Å². The molecule has 1 aliphatic heterocycles. The molecular formula is C70H127N12O16+. The molecule has 0 spiro atoms. The summed E-state index contributed by atoms with van der Waals surface area (Å²) in [6.45, 7) is 27.0. The van der Waals surface area contributed by atoms with E-state index in [1.54, 1.807) is 60.6 Å². The number of amides is 11. The molecule has 1 aliphatic rings. The minimum absolute atomic E-state index is 0.000507. The van der Waals surface area contributed by atoms with E-state index in [9.17, 15) is 43.5 Å². The maximum Gasteiger partial charge on any atom is 0.508 e. The molecule has 0 bridgehead atoms. The number of quaternary nitrogens is 1. The van der Waals surface area contributed by atoms with Gasteiger partial charge in [-0.2, -0.15) is 0 Å². The first kappa shape index (κ1) is 89.1. The smallest absolute Gasteiger partial charge is 0.432 e. The number of ether oxygens (including phenoxy) is 3. The van der Waals surface area contributed by atoms with E-state index in [0.29, 0.717) is 11.0 Å². The number of nitrogens with zero attached hydrogens (tertiary/aromatic N) is 8. The first-order chi connectivity index (χ1) is 45.3. The minimum Gasteiger partial charge on any atom is -0.432 e. The van der Waals surface area contributed by atoms with E-state index in [2.05, 4.69) is 21.3 Å². The van der Waals surface area contributed by atoms with Crippen LogP contribution in [0.4, 0.5) is 4.79 Å². The van der Waals surface area contributed by atoms with Crippen LogP contribution in [0.5, 0.6) is 0 Å². The minimum atomic E-state index is -1.65. The van der Waals surface area contributed by atoms with Crippen molar-refractivity contribution < 1.29 is 81.3 Å². The van der Waals surface area contributed by atoms with Crippen molar-refractivity contribution in [1.29, 1.82) is 0 Å². The molecule has 562 valence electrons. The molecule has 0 radical (unpaired) electrons. The molecule has 1 heterocycles. The highest BCUT2D eigenvalue weighted by Crippen LogP contribution is 2.26. The number of carbonyl (C=O) groups excluding carboxylic acids is 12. The standard InChI is InChI=1S/C70H126N12O16/c1-27-29-30-47(15)59(84)58-63(88)72-49(28-2)64(89)75(17)39-55(83)76(18)51(35-41(3)4)62(87)74-56(45(11)12)68(93)77(19)52(36-42(5)6)61(86)71-48(16)60(85)73-50(40-96-33-34-98-70(95)97-32-31-82(24,25)26)65(90)78(20)53(37-43(7)8)66(91)79(21)54(38-44(9)10)67(92)80(22)57(46(13)14)69(94)81(58)23/h27,29,41-54,56-59,84H,28,30-40H2,1-26H3,(H3-,71,72,73,74,85,86,87,88)/p+1/b29-27+/t47-,48+,49+,50-,51+,52+,53+,54+,56+,57+,58+,59-/m1/s1. The number of allylic oxidation sites excluding steroid dienone is 2. The zero-order valence-corrected chi connectivity index (χ0v) is 64.2. The largest absolute Gasteiger partial charge is 0.508 e. The molecular weight excluding hydrogens is 1260 g/mol. The van der Waals surface area contributed by atoms with Crippen LogP contribution in [0.2, 0.25) is 0 Å². The van der Waals surface area contributed by atoms with Gasteiger partial charge in [-0.05, 0) is 93.8 Å². The summed E-state index contributed by atoms with van der Waals surface area (Å²) in [5.74, 6) is -10.8. The molecule has 0 saturated carbocycles. The van der Waals surface area contributed by atoms with E-state index >= 15 is 19.2 Å². The number of likely N-dealkylation sites (N-methyl/N-ethyl adjacent to an activating group) is 8. The van der Waals surface area contributed by atoms with Crippen LogP contribution in [0.3, 0.4) is 0 Å². The average Bonchev–Trinajstić information content (AvgIpc) is 0.804. The lowest BCUT2D eigenvalue weighted by molar-refractivity contribution is -0.870. The van der Waals surface area contributed by atoms with Gasteiger partial charge in [-0.3, -0.25) is 52.7 Å². The summed E-state index contributed by atoms with van der Waals surface area (Å²) in [6.07, 6.45) is 1.72. The Kier molecular flexibility index (Phi) is 37.8. The monoisotopic (exact) mass is 1390 g/mol. The first-order valence-electron chi connectivity index (χ1n) is 34.8. The van der Waals surface area contributed by atoms with Gasteiger partial charge in [0.1, 0.15) is 80.2 Å². The molecule has 0 aromatic rings.